The zero-order valence-electron chi connectivity index (χ0n) is 24.0. The fourth-order valence-corrected chi connectivity index (χ4v) is 5.55. The number of carbonyl (C=O) groups is 5. The van der Waals surface area contributed by atoms with Gasteiger partial charge in [0.15, 0.2) is 5.78 Å². The number of fused-ring (bicyclic) bond motifs is 1. The maximum Gasteiger partial charge on any atom is 0.344 e. The lowest BCUT2D eigenvalue weighted by Gasteiger charge is -2.37. The van der Waals surface area contributed by atoms with E-state index in [1.54, 1.807) is 45.0 Å². The Bertz CT molecular complexity index is 1470. The second kappa shape index (κ2) is 12.8. The van der Waals surface area contributed by atoms with Crippen molar-refractivity contribution < 1.29 is 42.9 Å². The number of ether oxygens (including phenoxy) is 4. The molecule has 220 valence electrons. The highest BCUT2D eigenvalue weighted by molar-refractivity contribution is 6.24. The second-order valence-electron chi connectivity index (χ2n) is 9.57. The molecule has 1 amide bonds. The molecule has 10 heteroatoms. The zero-order chi connectivity index (χ0) is 30.4. The lowest BCUT2D eigenvalue weighted by atomic mass is 9.75. The number of rotatable bonds is 11. The van der Waals surface area contributed by atoms with Gasteiger partial charge >= 0.3 is 17.9 Å². The van der Waals surface area contributed by atoms with Crippen LogP contribution in [0.5, 0.6) is 5.75 Å². The smallest absolute Gasteiger partial charge is 0.344 e. The summed E-state index contributed by atoms with van der Waals surface area (Å²) in [4.78, 5) is 70.6. The maximum atomic E-state index is 14.2. The summed E-state index contributed by atoms with van der Waals surface area (Å²) in [5, 5.41) is 1.45. The minimum atomic E-state index is -2.50. The van der Waals surface area contributed by atoms with E-state index in [2.05, 4.69) is 0 Å². The predicted octanol–water partition coefficient (Wildman–Crippen LogP) is 4.13. The largest absolute Gasteiger partial charge is 0.497 e. The molecule has 0 saturated carbocycles. The van der Waals surface area contributed by atoms with Crippen molar-refractivity contribution in [3.8, 4) is 5.75 Å². The van der Waals surface area contributed by atoms with Crippen LogP contribution >= 0.6 is 0 Å². The third-order valence-electron chi connectivity index (χ3n) is 7.32. The highest BCUT2D eigenvalue weighted by atomic mass is 16.6. The molecule has 0 aliphatic carbocycles. The highest BCUT2D eigenvalue weighted by Crippen LogP contribution is 2.48. The number of hydrogen-bond donors (Lipinski definition) is 0. The molecule has 0 aromatic heterocycles. The van der Waals surface area contributed by atoms with E-state index in [1.165, 1.54) is 31.4 Å². The summed E-state index contributed by atoms with van der Waals surface area (Å²) in [7, 11) is 1.46. The Kier molecular flexibility index (Phi) is 9.25. The molecule has 42 heavy (non-hydrogen) atoms. The van der Waals surface area contributed by atoms with Crippen LogP contribution in [0.3, 0.4) is 0 Å². The van der Waals surface area contributed by atoms with E-state index in [1.807, 2.05) is 18.2 Å². The van der Waals surface area contributed by atoms with Crippen molar-refractivity contribution in [1.82, 2.24) is 0 Å². The van der Waals surface area contributed by atoms with Gasteiger partial charge in [-0.2, -0.15) is 0 Å². The number of benzene rings is 3. The standard InChI is InChI=1S/C32H33NO9/c1-5-40-29(36)27-25(19-26(34)24-14-10-12-20-11-8-9-13-23(20)24)32(30(37)41-6-2,31(38)42-7-3)33(28(27)35)21-15-17-22(39-4)18-16-21/h8-18,25,27H,5-7,19H2,1-4H3/t25-,27-/m1/s1. The van der Waals surface area contributed by atoms with Gasteiger partial charge in [-0.25, -0.2) is 9.59 Å². The molecule has 0 unspecified atom stereocenters. The molecule has 1 heterocycles. The second-order valence-corrected chi connectivity index (χ2v) is 9.57. The molecule has 1 aliphatic heterocycles. The molecule has 1 fully saturated rings. The van der Waals surface area contributed by atoms with Gasteiger partial charge < -0.3 is 18.9 Å². The zero-order valence-corrected chi connectivity index (χ0v) is 24.0. The van der Waals surface area contributed by atoms with Crippen LogP contribution in [0.2, 0.25) is 0 Å². The Balaban J connectivity index is 1.98. The number of carbonyl (C=O) groups excluding carboxylic acids is 5. The van der Waals surface area contributed by atoms with Gasteiger partial charge in [-0.15, -0.1) is 0 Å². The van der Waals surface area contributed by atoms with Crippen LogP contribution in [0.15, 0.2) is 66.7 Å². The average molecular weight is 576 g/mol. The van der Waals surface area contributed by atoms with E-state index in [0.29, 0.717) is 16.7 Å². The number of anilines is 1. The van der Waals surface area contributed by atoms with Gasteiger partial charge in [0.25, 0.3) is 0 Å². The van der Waals surface area contributed by atoms with Crippen molar-refractivity contribution in [3.05, 3.63) is 72.3 Å². The summed E-state index contributed by atoms with van der Waals surface area (Å²) in [5.41, 5.74) is -2.08. The van der Waals surface area contributed by atoms with Crippen LogP contribution in [-0.4, -0.2) is 62.1 Å². The van der Waals surface area contributed by atoms with Crippen molar-refractivity contribution in [1.29, 1.82) is 0 Å². The average Bonchev–Trinajstić information content (AvgIpc) is 3.25. The number of esters is 3. The van der Waals surface area contributed by atoms with Crippen LogP contribution < -0.4 is 9.64 Å². The van der Waals surface area contributed by atoms with Gasteiger partial charge in [0.05, 0.1) is 26.9 Å². The molecule has 0 spiro atoms. The van der Waals surface area contributed by atoms with Crippen molar-refractivity contribution in [2.45, 2.75) is 32.7 Å². The summed E-state index contributed by atoms with van der Waals surface area (Å²) in [6.45, 7) is 4.31. The van der Waals surface area contributed by atoms with Gasteiger partial charge in [0, 0.05) is 23.6 Å². The summed E-state index contributed by atoms with van der Waals surface area (Å²) in [5.74, 6) is -7.32. The minimum absolute atomic E-state index is 0.0685. The third-order valence-corrected chi connectivity index (χ3v) is 7.32. The first kappa shape index (κ1) is 30.2. The molecule has 4 rings (SSSR count). The summed E-state index contributed by atoms with van der Waals surface area (Å²) in [6.07, 6.45) is -0.534. The van der Waals surface area contributed by atoms with Crippen molar-refractivity contribution in [2.24, 2.45) is 11.8 Å². The number of amides is 1. The summed E-state index contributed by atoms with van der Waals surface area (Å²) >= 11 is 0. The third kappa shape index (κ3) is 5.20. The first-order valence-corrected chi connectivity index (χ1v) is 13.8. The first-order chi connectivity index (χ1) is 20.3. The van der Waals surface area contributed by atoms with Gasteiger partial charge in [-0.05, 0) is 55.8 Å². The Morgan fingerprint density at radius 3 is 1.98 bits per heavy atom. The van der Waals surface area contributed by atoms with E-state index < -0.39 is 53.4 Å². The van der Waals surface area contributed by atoms with Gasteiger partial charge in [0.2, 0.25) is 11.4 Å². The molecule has 1 saturated heterocycles. The van der Waals surface area contributed by atoms with Crippen molar-refractivity contribution in [3.63, 3.8) is 0 Å². The van der Waals surface area contributed by atoms with E-state index in [9.17, 15) is 24.0 Å². The van der Waals surface area contributed by atoms with Crippen LogP contribution in [0.1, 0.15) is 37.6 Å². The fraction of sp³-hybridized carbons (Fsp3) is 0.344. The number of hydrogen-bond acceptors (Lipinski definition) is 9. The molecule has 0 N–H and O–H groups in total. The molecular weight excluding hydrogens is 542 g/mol. The number of Topliss-reactive ketones (excluding diaryl/α,β-unsaturated/α-hetero) is 1. The van der Waals surface area contributed by atoms with E-state index in [-0.39, 0.29) is 25.5 Å². The van der Waals surface area contributed by atoms with Crippen LogP contribution in [-0.2, 0) is 33.4 Å². The molecule has 0 bridgehead atoms. The van der Waals surface area contributed by atoms with Gasteiger partial charge in [0.1, 0.15) is 11.7 Å². The molecule has 1 aliphatic rings. The van der Waals surface area contributed by atoms with Crippen LogP contribution in [0.4, 0.5) is 5.69 Å². The SMILES string of the molecule is CCOC(=O)[C@H]1C(=O)N(c2ccc(OC)cc2)C(C(=O)OCC)(C(=O)OCC)[C@@H]1CC(=O)c1cccc2ccccc12. The molecular formula is C32H33NO9. The summed E-state index contributed by atoms with van der Waals surface area (Å²) < 4.78 is 21.3. The van der Waals surface area contributed by atoms with Gasteiger partial charge in [-0.3, -0.25) is 19.3 Å². The minimum Gasteiger partial charge on any atom is -0.497 e. The number of ketones is 1. The summed E-state index contributed by atoms with van der Waals surface area (Å²) in [6, 6.07) is 18.5. The lowest BCUT2D eigenvalue weighted by Crippen LogP contribution is -2.63. The van der Waals surface area contributed by atoms with E-state index in [0.717, 1.165) is 10.3 Å². The molecule has 0 radical (unpaired) electrons. The molecule has 2 atom stereocenters. The van der Waals surface area contributed by atoms with Crippen LogP contribution in [0, 0.1) is 11.8 Å². The maximum absolute atomic E-state index is 14.2. The fourth-order valence-electron chi connectivity index (χ4n) is 5.55. The Morgan fingerprint density at radius 1 is 0.786 bits per heavy atom. The highest BCUT2D eigenvalue weighted by Gasteiger charge is 2.72. The quantitative estimate of drug-likeness (QED) is 0.144. The van der Waals surface area contributed by atoms with E-state index in [4.69, 9.17) is 18.9 Å². The monoisotopic (exact) mass is 575 g/mol. The Morgan fingerprint density at radius 2 is 1.38 bits per heavy atom. The van der Waals surface area contributed by atoms with Crippen LogP contribution in [0.25, 0.3) is 10.8 Å². The molecule has 3 aromatic carbocycles. The Hall–Kier alpha value is -4.73. The van der Waals surface area contributed by atoms with E-state index >= 15 is 0 Å². The first-order valence-electron chi connectivity index (χ1n) is 13.8. The number of nitrogens with zero attached hydrogens (tertiary/aromatic N) is 1. The topological polar surface area (TPSA) is 126 Å². The molecule has 3 aromatic rings. The molecule has 10 nitrogen and oxygen atoms in total. The normalized spacial score (nSPS) is 17.5. The number of methoxy groups -OCH3 is 1. The van der Waals surface area contributed by atoms with Gasteiger partial charge in [-0.1, -0.05) is 42.5 Å². The van der Waals surface area contributed by atoms with Crippen molar-refractivity contribution >= 4 is 46.1 Å². The van der Waals surface area contributed by atoms with Crippen molar-refractivity contribution in [2.75, 3.05) is 31.8 Å². The lowest BCUT2D eigenvalue weighted by molar-refractivity contribution is -0.167. The Labute approximate surface area is 243 Å². The predicted molar refractivity (Wildman–Crippen MR) is 153 cm³/mol.